The molecule has 1 saturated heterocycles. The summed E-state index contributed by atoms with van der Waals surface area (Å²) in [5, 5.41) is 0. The fourth-order valence-corrected chi connectivity index (χ4v) is 1.78. The van der Waals surface area contributed by atoms with Gasteiger partial charge in [0.05, 0.1) is 11.4 Å². The molecule has 0 spiro atoms. The molecule has 1 amide bonds. The van der Waals surface area contributed by atoms with E-state index in [0.29, 0.717) is 12.5 Å². The number of hydrogen-bond donors (Lipinski definition) is 1. The first-order valence-electron chi connectivity index (χ1n) is 5.01. The molecule has 3 nitrogen and oxygen atoms in total. The Morgan fingerprint density at radius 1 is 1.64 bits per heavy atom. The van der Waals surface area contributed by atoms with Crippen LogP contribution in [0.15, 0.2) is 0 Å². The first-order chi connectivity index (χ1) is 6.30. The number of rotatable bonds is 3. The third-order valence-electron chi connectivity index (χ3n) is 2.27. The lowest BCUT2D eigenvalue weighted by Gasteiger charge is -2.28. The van der Waals surface area contributed by atoms with E-state index in [1.54, 1.807) is 4.90 Å². The minimum absolute atomic E-state index is 0.0360. The van der Waals surface area contributed by atoms with Crippen LogP contribution in [0.2, 0.25) is 0 Å². The molecule has 0 aromatic carbocycles. The van der Waals surface area contributed by atoms with Crippen LogP contribution >= 0.6 is 12.6 Å². The summed E-state index contributed by atoms with van der Waals surface area (Å²) in [6.45, 7) is 8.71. The van der Waals surface area contributed by atoms with Crippen molar-refractivity contribution < 1.29 is 9.53 Å². The minimum atomic E-state index is -0.428. The maximum atomic E-state index is 11.5. The summed E-state index contributed by atoms with van der Waals surface area (Å²) in [5.41, 5.74) is 0. The topological polar surface area (TPSA) is 29.5 Å². The molecule has 82 valence electrons. The van der Waals surface area contributed by atoms with Gasteiger partial charge in [0.25, 0.3) is 0 Å². The molecule has 0 bridgehead atoms. The molecule has 0 unspecified atom stereocenters. The van der Waals surface area contributed by atoms with Crippen LogP contribution in [0.3, 0.4) is 0 Å². The number of ether oxygens (including phenoxy) is 1. The monoisotopic (exact) mass is 217 g/mol. The van der Waals surface area contributed by atoms with Crippen molar-refractivity contribution in [3.8, 4) is 0 Å². The Morgan fingerprint density at radius 2 is 2.21 bits per heavy atom. The van der Waals surface area contributed by atoms with Crippen molar-refractivity contribution in [2.75, 3.05) is 6.54 Å². The van der Waals surface area contributed by atoms with E-state index in [1.807, 2.05) is 13.8 Å². The highest BCUT2D eigenvalue weighted by Gasteiger charge is 2.38. The van der Waals surface area contributed by atoms with Gasteiger partial charge >= 0.3 is 6.09 Å². The molecule has 1 aliphatic rings. The summed E-state index contributed by atoms with van der Waals surface area (Å²) < 4.78 is 5.25. The second-order valence-corrected chi connectivity index (χ2v) is 5.83. The van der Waals surface area contributed by atoms with Gasteiger partial charge in [-0.15, -0.1) is 0 Å². The lowest BCUT2D eigenvalue weighted by Crippen LogP contribution is -2.40. The fourth-order valence-electron chi connectivity index (χ4n) is 1.62. The Balaban J connectivity index is 2.56. The van der Waals surface area contributed by atoms with Gasteiger partial charge in [0.1, 0.15) is 6.10 Å². The van der Waals surface area contributed by atoms with Crippen LogP contribution in [0, 0.1) is 5.92 Å². The van der Waals surface area contributed by atoms with E-state index in [9.17, 15) is 4.79 Å². The Morgan fingerprint density at radius 3 is 2.57 bits per heavy atom. The number of carbonyl (C=O) groups is 1. The third-order valence-corrected chi connectivity index (χ3v) is 2.51. The highest BCUT2D eigenvalue weighted by Crippen LogP contribution is 2.27. The number of thiol groups is 1. The maximum absolute atomic E-state index is 11.5. The van der Waals surface area contributed by atoms with E-state index in [-0.39, 0.29) is 12.2 Å². The minimum Gasteiger partial charge on any atom is -0.444 e. The van der Waals surface area contributed by atoms with E-state index in [0.717, 1.165) is 6.42 Å². The Labute approximate surface area is 91.2 Å². The molecule has 0 radical (unpaired) electrons. The molecule has 14 heavy (non-hydrogen) atoms. The summed E-state index contributed by atoms with van der Waals surface area (Å²) >= 11 is 4.37. The molecule has 1 heterocycles. The van der Waals surface area contributed by atoms with Crippen molar-refractivity contribution in [1.29, 1.82) is 0 Å². The first kappa shape index (κ1) is 11.7. The molecule has 1 rings (SSSR count). The van der Waals surface area contributed by atoms with Crippen molar-refractivity contribution in [3.05, 3.63) is 0 Å². The van der Waals surface area contributed by atoms with Crippen LogP contribution in [0.25, 0.3) is 0 Å². The zero-order valence-electron chi connectivity index (χ0n) is 9.28. The third kappa shape index (κ3) is 2.80. The smallest absolute Gasteiger partial charge is 0.411 e. The summed E-state index contributed by atoms with van der Waals surface area (Å²) in [7, 11) is 0. The van der Waals surface area contributed by atoms with Gasteiger partial charge in [0.15, 0.2) is 0 Å². The fraction of sp³-hybridized carbons (Fsp3) is 0.900. The van der Waals surface area contributed by atoms with Crippen LogP contribution in [0.4, 0.5) is 4.79 Å². The first-order valence-corrected chi connectivity index (χ1v) is 5.46. The molecular weight excluding hydrogens is 198 g/mol. The number of cyclic esters (lactones) is 1. The van der Waals surface area contributed by atoms with Crippen LogP contribution in [-0.2, 0) is 4.74 Å². The van der Waals surface area contributed by atoms with E-state index < -0.39 is 4.87 Å². The van der Waals surface area contributed by atoms with E-state index >= 15 is 0 Å². The van der Waals surface area contributed by atoms with E-state index in [2.05, 4.69) is 26.5 Å². The van der Waals surface area contributed by atoms with Gasteiger partial charge in [0, 0.05) is 0 Å². The molecule has 0 aromatic heterocycles. The molecular formula is C10H19NO2S. The van der Waals surface area contributed by atoms with Gasteiger partial charge in [-0.1, -0.05) is 13.8 Å². The van der Waals surface area contributed by atoms with Crippen molar-refractivity contribution in [3.63, 3.8) is 0 Å². The number of carbonyl (C=O) groups excluding carboxylic acids is 1. The molecule has 0 N–H and O–H groups in total. The number of hydrogen-bond acceptors (Lipinski definition) is 3. The van der Waals surface area contributed by atoms with E-state index in [1.165, 1.54) is 0 Å². The molecule has 1 aliphatic heterocycles. The van der Waals surface area contributed by atoms with Gasteiger partial charge in [-0.25, -0.2) is 4.79 Å². The summed E-state index contributed by atoms with van der Waals surface area (Å²) in [6, 6.07) is 0. The summed E-state index contributed by atoms with van der Waals surface area (Å²) in [4.78, 5) is 12.7. The van der Waals surface area contributed by atoms with Gasteiger partial charge in [-0.05, 0) is 26.2 Å². The second-order valence-electron chi connectivity index (χ2n) is 4.74. The largest absolute Gasteiger partial charge is 0.444 e. The number of amides is 1. The van der Waals surface area contributed by atoms with Crippen LogP contribution in [-0.4, -0.2) is 28.5 Å². The van der Waals surface area contributed by atoms with Crippen LogP contribution in [0.1, 0.15) is 34.1 Å². The molecule has 0 aromatic rings. The van der Waals surface area contributed by atoms with Gasteiger partial charge in [-0.3, -0.25) is 4.90 Å². The van der Waals surface area contributed by atoms with Crippen molar-refractivity contribution in [2.45, 2.75) is 45.1 Å². The zero-order chi connectivity index (χ0) is 10.9. The zero-order valence-corrected chi connectivity index (χ0v) is 10.2. The highest BCUT2D eigenvalue weighted by molar-refractivity contribution is 7.81. The van der Waals surface area contributed by atoms with E-state index in [4.69, 9.17) is 4.74 Å². The maximum Gasteiger partial charge on any atom is 0.411 e. The van der Waals surface area contributed by atoms with Crippen molar-refractivity contribution in [2.24, 2.45) is 5.92 Å². The van der Waals surface area contributed by atoms with Gasteiger partial charge in [0.2, 0.25) is 0 Å². The molecule has 1 atom stereocenters. The Hall–Kier alpha value is -0.380. The molecule has 1 fully saturated rings. The Kier molecular flexibility index (Phi) is 3.35. The number of nitrogens with zero attached hydrogens (tertiary/aromatic N) is 1. The molecule has 0 saturated carbocycles. The average Bonchev–Trinajstić information content (AvgIpc) is 2.27. The standard InChI is InChI=1S/C10H19NO2S/c1-7(2)5-8-6-11(9(12)13-8)10(3,4)14/h7-8,14H,5-6H2,1-4H3/t8-/m0/s1. The van der Waals surface area contributed by atoms with Crippen LogP contribution in [0.5, 0.6) is 0 Å². The normalized spacial score (nSPS) is 23.1. The second kappa shape index (κ2) is 4.01. The lowest BCUT2D eigenvalue weighted by atomic mass is 10.1. The van der Waals surface area contributed by atoms with Crippen molar-refractivity contribution >= 4 is 18.7 Å². The quantitative estimate of drug-likeness (QED) is 0.736. The van der Waals surface area contributed by atoms with Gasteiger partial charge < -0.3 is 4.74 Å². The molecule has 4 heteroatoms. The average molecular weight is 217 g/mol. The Bertz CT molecular complexity index is 223. The SMILES string of the molecule is CC(C)C[C@H]1CN(C(C)(C)S)C(=O)O1. The molecule has 0 aliphatic carbocycles. The highest BCUT2D eigenvalue weighted by atomic mass is 32.1. The van der Waals surface area contributed by atoms with Gasteiger partial charge in [-0.2, -0.15) is 12.6 Å². The lowest BCUT2D eigenvalue weighted by molar-refractivity contribution is 0.120. The predicted molar refractivity (Wildman–Crippen MR) is 59.5 cm³/mol. The summed E-state index contributed by atoms with van der Waals surface area (Å²) in [5.74, 6) is 0.552. The predicted octanol–water partition coefficient (Wildman–Crippen LogP) is 2.52. The van der Waals surface area contributed by atoms with Crippen molar-refractivity contribution in [1.82, 2.24) is 4.90 Å². The van der Waals surface area contributed by atoms with Crippen LogP contribution < -0.4 is 0 Å². The summed E-state index contributed by atoms with van der Waals surface area (Å²) in [6.07, 6.45) is 0.719.